The van der Waals surface area contributed by atoms with E-state index in [1.807, 2.05) is 84.9 Å². The summed E-state index contributed by atoms with van der Waals surface area (Å²) in [7, 11) is 0. The summed E-state index contributed by atoms with van der Waals surface area (Å²) < 4.78 is 0. The molecule has 0 spiro atoms. The van der Waals surface area contributed by atoms with Crippen LogP contribution >= 0.6 is 0 Å². The van der Waals surface area contributed by atoms with Gasteiger partial charge in [0, 0.05) is 11.3 Å². The van der Waals surface area contributed by atoms with Crippen molar-refractivity contribution < 1.29 is 9.90 Å². The number of aromatic nitrogens is 2. The molecule has 35 heavy (non-hydrogen) atoms. The maximum atomic E-state index is 12.9. The Hall–Kier alpha value is -4.55. The maximum absolute atomic E-state index is 12.9. The third-order valence-electron chi connectivity index (χ3n) is 5.82. The first-order valence-electron chi connectivity index (χ1n) is 11.3. The lowest BCUT2D eigenvalue weighted by Gasteiger charge is -2.16. The van der Waals surface area contributed by atoms with Gasteiger partial charge in [-0.2, -0.15) is 0 Å². The number of fused-ring (bicyclic) bond motifs is 1. The first-order chi connectivity index (χ1) is 17.1. The molecule has 6 nitrogen and oxygen atoms in total. The van der Waals surface area contributed by atoms with Crippen LogP contribution in [-0.2, 0) is 11.2 Å². The Morgan fingerprint density at radius 1 is 0.886 bits per heavy atom. The lowest BCUT2D eigenvalue weighted by atomic mass is 10.0. The molecule has 1 heterocycles. The summed E-state index contributed by atoms with van der Waals surface area (Å²) in [5, 5.41) is 16.2. The predicted molar refractivity (Wildman–Crippen MR) is 139 cm³/mol. The zero-order valence-electron chi connectivity index (χ0n) is 18.9. The van der Waals surface area contributed by atoms with Crippen LogP contribution in [0.4, 0.5) is 11.5 Å². The number of anilines is 2. The fourth-order valence-electron chi connectivity index (χ4n) is 3.99. The minimum absolute atomic E-state index is 0.174. The van der Waals surface area contributed by atoms with Crippen molar-refractivity contribution in [2.75, 3.05) is 11.1 Å². The van der Waals surface area contributed by atoms with Gasteiger partial charge in [0.25, 0.3) is 0 Å². The topological polar surface area (TPSA) is 101 Å². The number of nitrogens with zero attached hydrogens (tertiary/aromatic N) is 2. The molecule has 0 aliphatic rings. The molecule has 0 radical (unpaired) electrons. The molecule has 4 N–H and O–H groups in total. The van der Waals surface area contributed by atoms with Crippen LogP contribution in [0.3, 0.4) is 0 Å². The number of nitrogens with one attached hydrogen (secondary N) is 1. The van der Waals surface area contributed by atoms with Gasteiger partial charge in [-0.1, -0.05) is 84.9 Å². The lowest BCUT2D eigenvalue weighted by Crippen LogP contribution is -2.19. The third-order valence-corrected chi connectivity index (χ3v) is 5.82. The van der Waals surface area contributed by atoms with E-state index in [1.165, 1.54) is 0 Å². The molecular weight excluding hydrogens is 436 g/mol. The average Bonchev–Trinajstić information content (AvgIpc) is 2.89. The van der Waals surface area contributed by atoms with E-state index < -0.39 is 6.10 Å². The normalized spacial score (nSPS) is 11.8. The highest BCUT2D eigenvalue weighted by molar-refractivity contribution is 5.93. The summed E-state index contributed by atoms with van der Waals surface area (Å²) in [5.41, 5.74) is 9.65. The Labute approximate surface area is 203 Å². The number of hydrogen-bond donors (Lipinski definition) is 3. The van der Waals surface area contributed by atoms with Gasteiger partial charge in [-0.05, 0) is 34.0 Å². The third kappa shape index (κ3) is 5.03. The van der Waals surface area contributed by atoms with Gasteiger partial charge in [-0.15, -0.1) is 0 Å². The average molecular weight is 461 g/mol. The van der Waals surface area contributed by atoms with Crippen LogP contribution in [0.25, 0.3) is 22.0 Å². The van der Waals surface area contributed by atoms with Gasteiger partial charge in [0.15, 0.2) is 5.82 Å². The van der Waals surface area contributed by atoms with Crippen molar-refractivity contribution in [3.63, 3.8) is 0 Å². The van der Waals surface area contributed by atoms with Crippen molar-refractivity contribution in [1.29, 1.82) is 0 Å². The first kappa shape index (κ1) is 22.3. The Bertz CT molecular complexity index is 1480. The van der Waals surface area contributed by atoms with Crippen molar-refractivity contribution in [3.05, 3.63) is 120 Å². The summed E-state index contributed by atoms with van der Waals surface area (Å²) >= 11 is 0. The van der Waals surface area contributed by atoms with E-state index in [2.05, 4.69) is 15.3 Å². The van der Waals surface area contributed by atoms with Gasteiger partial charge in [-0.25, -0.2) is 9.97 Å². The Balaban J connectivity index is 1.45. The number of carbonyl (C=O) groups excluding carboxylic acids is 1. The molecule has 1 aromatic heterocycles. The van der Waals surface area contributed by atoms with Crippen LogP contribution in [0.15, 0.2) is 103 Å². The standard InChI is InChI=1S/C29H24N4O2/c30-24-14-12-21(13-15-24)25-18-31-29(27(32-25)28(35)22-7-2-1-3-8-22)33-26(34)17-19-10-11-20-6-4-5-9-23(20)16-19/h1-16,18,28,35H,17,30H2,(H,31,33,34). The molecule has 172 valence electrons. The fourth-order valence-corrected chi connectivity index (χ4v) is 3.99. The number of rotatable bonds is 6. The molecule has 1 amide bonds. The lowest BCUT2D eigenvalue weighted by molar-refractivity contribution is -0.115. The van der Waals surface area contributed by atoms with Gasteiger partial charge in [0.05, 0.1) is 18.3 Å². The quantitative estimate of drug-likeness (QED) is 0.305. The summed E-state index contributed by atoms with van der Waals surface area (Å²) in [6, 6.07) is 30.4. The zero-order valence-corrected chi connectivity index (χ0v) is 18.9. The molecule has 0 fully saturated rings. The minimum atomic E-state index is -1.06. The summed E-state index contributed by atoms with van der Waals surface area (Å²) in [6.45, 7) is 0. The van der Waals surface area contributed by atoms with E-state index in [9.17, 15) is 9.90 Å². The van der Waals surface area contributed by atoms with E-state index in [-0.39, 0.29) is 23.8 Å². The second-order valence-corrected chi connectivity index (χ2v) is 8.33. The van der Waals surface area contributed by atoms with Crippen LogP contribution in [0.5, 0.6) is 0 Å². The molecule has 6 heteroatoms. The number of nitrogens with two attached hydrogens (primary N) is 1. The minimum Gasteiger partial charge on any atom is -0.399 e. The monoisotopic (exact) mass is 460 g/mol. The van der Waals surface area contributed by atoms with Crippen molar-refractivity contribution >= 4 is 28.2 Å². The van der Waals surface area contributed by atoms with Crippen molar-refractivity contribution in [1.82, 2.24) is 9.97 Å². The van der Waals surface area contributed by atoms with Crippen molar-refractivity contribution in [3.8, 4) is 11.3 Å². The second-order valence-electron chi connectivity index (χ2n) is 8.33. The van der Waals surface area contributed by atoms with E-state index in [4.69, 9.17) is 5.73 Å². The van der Waals surface area contributed by atoms with E-state index in [0.717, 1.165) is 21.9 Å². The highest BCUT2D eigenvalue weighted by atomic mass is 16.3. The molecule has 0 bridgehead atoms. The van der Waals surface area contributed by atoms with Crippen LogP contribution in [0.2, 0.25) is 0 Å². The van der Waals surface area contributed by atoms with Crippen LogP contribution in [0.1, 0.15) is 22.9 Å². The Morgan fingerprint density at radius 2 is 1.60 bits per heavy atom. The summed E-state index contributed by atoms with van der Waals surface area (Å²) in [5.74, 6) is -0.0114. The number of aliphatic hydroxyl groups is 1. The molecular formula is C29H24N4O2. The van der Waals surface area contributed by atoms with Crippen LogP contribution < -0.4 is 11.1 Å². The summed E-state index contributed by atoms with van der Waals surface area (Å²) in [4.78, 5) is 22.1. The fraction of sp³-hybridized carbons (Fsp3) is 0.0690. The number of nitrogen functional groups attached to an aromatic ring is 1. The largest absolute Gasteiger partial charge is 0.399 e. The summed E-state index contributed by atoms with van der Waals surface area (Å²) in [6.07, 6.45) is 0.694. The van der Waals surface area contributed by atoms with E-state index in [1.54, 1.807) is 18.3 Å². The van der Waals surface area contributed by atoms with Crippen LogP contribution in [0, 0.1) is 0 Å². The number of aliphatic hydroxyl groups excluding tert-OH is 1. The van der Waals surface area contributed by atoms with Crippen LogP contribution in [-0.4, -0.2) is 21.0 Å². The molecule has 0 saturated heterocycles. The predicted octanol–water partition coefficient (Wildman–Crippen LogP) is 5.14. The van der Waals surface area contributed by atoms with Gasteiger partial charge in [-0.3, -0.25) is 4.79 Å². The Kier molecular flexibility index (Phi) is 6.20. The smallest absolute Gasteiger partial charge is 0.229 e. The highest BCUT2D eigenvalue weighted by Crippen LogP contribution is 2.28. The van der Waals surface area contributed by atoms with Gasteiger partial charge < -0.3 is 16.2 Å². The van der Waals surface area contributed by atoms with Crippen molar-refractivity contribution in [2.24, 2.45) is 0 Å². The number of carbonyl (C=O) groups is 1. The Morgan fingerprint density at radius 3 is 2.37 bits per heavy atom. The highest BCUT2D eigenvalue weighted by Gasteiger charge is 2.20. The van der Waals surface area contributed by atoms with Gasteiger partial charge in [0.1, 0.15) is 11.8 Å². The maximum Gasteiger partial charge on any atom is 0.229 e. The van der Waals surface area contributed by atoms with E-state index in [0.29, 0.717) is 16.9 Å². The second kappa shape index (κ2) is 9.75. The molecule has 0 saturated carbocycles. The molecule has 4 aromatic carbocycles. The number of amides is 1. The van der Waals surface area contributed by atoms with Crippen molar-refractivity contribution in [2.45, 2.75) is 12.5 Å². The molecule has 0 aliphatic carbocycles. The zero-order chi connectivity index (χ0) is 24.2. The molecule has 5 aromatic rings. The van der Waals surface area contributed by atoms with Gasteiger partial charge >= 0.3 is 0 Å². The molecule has 1 atom stereocenters. The SMILES string of the molecule is Nc1ccc(-c2cnc(NC(=O)Cc3ccc4ccccc4c3)c(C(O)c3ccccc3)n2)cc1. The molecule has 5 rings (SSSR count). The van der Waals surface area contributed by atoms with E-state index >= 15 is 0 Å². The molecule has 1 unspecified atom stereocenters. The number of hydrogen-bond acceptors (Lipinski definition) is 5. The first-order valence-corrected chi connectivity index (χ1v) is 11.3. The number of benzene rings is 4. The molecule has 0 aliphatic heterocycles. The van der Waals surface area contributed by atoms with Gasteiger partial charge in [0.2, 0.25) is 5.91 Å².